The van der Waals surface area contributed by atoms with E-state index in [0.717, 1.165) is 54.4 Å². The number of ether oxygens (including phenoxy) is 1. The molecule has 8 heteroatoms. The van der Waals surface area contributed by atoms with Crippen LogP contribution in [0.5, 0.6) is 11.5 Å². The normalized spacial score (nSPS) is 25.5. The van der Waals surface area contributed by atoms with E-state index < -0.39 is 23.9 Å². The molecule has 0 aromatic heterocycles. The second-order valence-corrected chi connectivity index (χ2v) is 12.9. The number of fused-ring (bicyclic) bond motifs is 1. The Labute approximate surface area is 245 Å². The van der Waals surface area contributed by atoms with Crippen LogP contribution < -0.4 is 4.74 Å². The highest BCUT2D eigenvalue weighted by molar-refractivity contribution is 14.1. The van der Waals surface area contributed by atoms with E-state index in [4.69, 9.17) is 4.74 Å². The zero-order valence-corrected chi connectivity index (χ0v) is 25.6. The molecule has 0 bridgehead atoms. The number of rotatable bonds is 9. The molecule has 0 spiro atoms. The van der Waals surface area contributed by atoms with Crippen molar-refractivity contribution in [1.82, 2.24) is 4.90 Å². The Hall–Kier alpha value is -1.91. The lowest BCUT2D eigenvalue weighted by molar-refractivity contribution is -0.143. The molecule has 0 radical (unpaired) electrons. The average Bonchev–Trinajstić information content (AvgIpc) is 3.17. The second-order valence-electron chi connectivity index (χ2n) is 11.7. The number of imide groups is 1. The third kappa shape index (κ3) is 6.07. The van der Waals surface area contributed by atoms with Crippen LogP contribution >= 0.6 is 22.6 Å². The lowest BCUT2D eigenvalue weighted by Gasteiger charge is -2.38. The van der Waals surface area contributed by atoms with Gasteiger partial charge in [0.2, 0.25) is 11.8 Å². The zero-order valence-electron chi connectivity index (χ0n) is 23.5. The van der Waals surface area contributed by atoms with Crippen LogP contribution in [0.2, 0.25) is 0 Å². The van der Waals surface area contributed by atoms with Crippen molar-refractivity contribution in [3.05, 3.63) is 38.0 Å². The Morgan fingerprint density at radius 2 is 1.87 bits per heavy atom. The van der Waals surface area contributed by atoms with Gasteiger partial charge in [0, 0.05) is 12.0 Å². The van der Waals surface area contributed by atoms with Crippen molar-refractivity contribution in [1.29, 1.82) is 0 Å². The maximum atomic E-state index is 13.7. The monoisotopic (exact) mass is 651 g/mol. The Morgan fingerprint density at radius 1 is 1.18 bits per heavy atom. The van der Waals surface area contributed by atoms with E-state index in [-0.39, 0.29) is 36.1 Å². The van der Waals surface area contributed by atoms with Crippen LogP contribution in [-0.2, 0) is 9.59 Å². The standard InChI is InChI=1S/C31H42INO6/c1-17(2)21-15-22-28(31(38)33(30(22)37)20-8-6-5-7-9-20)23(16-34)27(21)25(35)11-10-18(3)12-19-13-24(32)29(36)26(14-19)39-4/h12-14,17,20,22-23,25,28,34-36H,5-11,15-16H2,1-4H3/b18-12+/t22-,23+,25-,28-/m1/s1. The van der Waals surface area contributed by atoms with Crippen molar-refractivity contribution >= 4 is 40.5 Å². The van der Waals surface area contributed by atoms with E-state index in [2.05, 4.69) is 36.4 Å². The number of hydrogen-bond acceptors (Lipinski definition) is 6. The van der Waals surface area contributed by atoms with E-state index >= 15 is 0 Å². The summed E-state index contributed by atoms with van der Waals surface area (Å²) in [4.78, 5) is 28.8. The van der Waals surface area contributed by atoms with Crippen molar-refractivity contribution in [2.75, 3.05) is 13.7 Å². The number of allylic oxidation sites excluding steroid dienone is 2. The number of aromatic hydroxyl groups is 1. The van der Waals surface area contributed by atoms with Gasteiger partial charge in [-0.25, -0.2) is 0 Å². The lowest BCUT2D eigenvalue weighted by atomic mass is 9.66. The number of methoxy groups -OCH3 is 1. The van der Waals surface area contributed by atoms with E-state index in [1.807, 2.05) is 19.1 Å². The van der Waals surface area contributed by atoms with Crippen molar-refractivity contribution in [2.24, 2.45) is 23.7 Å². The van der Waals surface area contributed by atoms with Gasteiger partial charge in [-0.2, -0.15) is 0 Å². The molecule has 3 aliphatic rings. The molecule has 3 N–H and O–H groups in total. The van der Waals surface area contributed by atoms with Gasteiger partial charge in [-0.15, -0.1) is 0 Å². The molecule has 2 fully saturated rings. The van der Waals surface area contributed by atoms with Crippen LogP contribution in [0.4, 0.5) is 0 Å². The number of phenols is 1. The summed E-state index contributed by atoms with van der Waals surface area (Å²) in [5, 5.41) is 32.2. The van der Waals surface area contributed by atoms with Crippen LogP contribution in [0.3, 0.4) is 0 Å². The maximum Gasteiger partial charge on any atom is 0.234 e. The zero-order chi connectivity index (χ0) is 28.4. The molecule has 1 aliphatic heterocycles. The van der Waals surface area contributed by atoms with Crippen LogP contribution in [0.15, 0.2) is 28.9 Å². The molecule has 1 aromatic carbocycles. The third-order valence-corrected chi connectivity index (χ3v) is 9.66. The fourth-order valence-electron chi connectivity index (χ4n) is 6.88. The van der Waals surface area contributed by atoms with Crippen molar-refractivity contribution in [3.63, 3.8) is 0 Å². The van der Waals surface area contributed by atoms with Crippen molar-refractivity contribution in [3.8, 4) is 11.5 Å². The molecule has 1 saturated carbocycles. The van der Waals surface area contributed by atoms with Gasteiger partial charge in [-0.1, -0.05) is 50.3 Å². The van der Waals surface area contributed by atoms with E-state index in [9.17, 15) is 24.9 Å². The number of nitrogens with zero attached hydrogens (tertiary/aromatic N) is 1. The number of benzene rings is 1. The molecule has 2 amide bonds. The quantitative estimate of drug-likeness (QED) is 0.186. The highest BCUT2D eigenvalue weighted by Gasteiger charge is 2.56. The SMILES string of the molecule is COc1cc(/C=C(\C)CC[C@@H](O)C2=C(C(C)C)C[C@H]3C(=O)N(C4CCCCC4)C(=O)[C@H]3[C@H]2CO)cc(I)c1O. The minimum absolute atomic E-state index is 0.0334. The molecule has 214 valence electrons. The fraction of sp³-hybridized carbons (Fsp3) is 0.613. The fourth-order valence-corrected chi connectivity index (χ4v) is 7.50. The predicted molar refractivity (Wildman–Crippen MR) is 159 cm³/mol. The van der Waals surface area contributed by atoms with Gasteiger partial charge in [0.1, 0.15) is 0 Å². The first-order valence-electron chi connectivity index (χ1n) is 14.2. The predicted octanol–water partition coefficient (Wildman–Crippen LogP) is 5.45. The number of hydrogen-bond donors (Lipinski definition) is 3. The topological polar surface area (TPSA) is 107 Å². The minimum Gasteiger partial charge on any atom is -0.504 e. The van der Waals surface area contributed by atoms with E-state index in [1.165, 1.54) is 12.0 Å². The van der Waals surface area contributed by atoms with Crippen molar-refractivity contribution < 1.29 is 29.6 Å². The molecular weight excluding hydrogens is 609 g/mol. The Bertz CT molecular complexity index is 1150. The van der Waals surface area contributed by atoms with Crippen LogP contribution in [0.1, 0.15) is 77.7 Å². The van der Waals surface area contributed by atoms with Gasteiger partial charge in [-0.05, 0) is 90.8 Å². The summed E-state index contributed by atoms with van der Waals surface area (Å²) in [5.41, 5.74) is 3.71. The van der Waals surface area contributed by atoms with Crippen molar-refractivity contribution in [2.45, 2.75) is 84.3 Å². The van der Waals surface area contributed by atoms with Crippen LogP contribution in [0.25, 0.3) is 6.08 Å². The first-order chi connectivity index (χ1) is 18.6. The molecule has 4 atom stereocenters. The summed E-state index contributed by atoms with van der Waals surface area (Å²) in [5.74, 6) is -1.21. The smallest absolute Gasteiger partial charge is 0.234 e. The molecule has 1 aromatic rings. The molecule has 7 nitrogen and oxygen atoms in total. The first kappa shape index (κ1) is 30.1. The summed E-state index contributed by atoms with van der Waals surface area (Å²) in [6, 6.07) is 3.62. The van der Waals surface area contributed by atoms with Gasteiger partial charge in [-0.3, -0.25) is 14.5 Å². The molecule has 4 rings (SSSR count). The number of aliphatic hydroxyl groups excluding tert-OH is 2. The largest absolute Gasteiger partial charge is 0.504 e. The molecule has 1 heterocycles. The minimum atomic E-state index is -0.815. The van der Waals surface area contributed by atoms with Crippen LogP contribution in [-0.4, -0.2) is 57.9 Å². The third-order valence-electron chi connectivity index (χ3n) is 8.84. The van der Waals surface area contributed by atoms with E-state index in [1.54, 1.807) is 6.07 Å². The number of halogens is 1. The summed E-state index contributed by atoms with van der Waals surface area (Å²) >= 11 is 2.07. The van der Waals surface area contributed by atoms with E-state index in [0.29, 0.717) is 28.6 Å². The number of carbonyl (C=O) groups is 2. The molecular formula is C31H42INO6. The highest BCUT2D eigenvalue weighted by Crippen LogP contribution is 2.49. The van der Waals surface area contributed by atoms with Gasteiger partial charge < -0.3 is 20.1 Å². The van der Waals surface area contributed by atoms with Gasteiger partial charge >= 0.3 is 0 Å². The number of aliphatic hydroxyl groups is 2. The molecule has 39 heavy (non-hydrogen) atoms. The van der Waals surface area contributed by atoms with Gasteiger partial charge in [0.15, 0.2) is 11.5 Å². The molecule has 0 unspecified atom stereocenters. The highest BCUT2D eigenvalue weighted by atomic mass is 127. The number of amides is 2. The summed E-state index contributed by atoms with van der Waals surface area (Å²) in [7, 11) is 1.52. The Kier molecular flexibility index (Phi) is 9.81. The number of carbonyl (C=O) groups excluding carboxylic acids is 2. The summed E-state index contributed by atoms with van der Waals surface area (Å²) < 4.78 is 5.96. The van der Waals surface area contributed by atoms with Gasteiger partial charge in [0.25, 0.3) is 0 Å². The van der Waals surface area contributed by atoms with Gasteiger partial charge in [0.05, 0.1) is 35.2 Å². The second kappa shape index (κ2) is 12.7. The van der Waals surface area contributed by atoms with Crippen LogP contribution in [0, 0.1) is 27.2 Å². The lowest BCUT2D eigenvalue weighted by Crippen LogP contribution is -2.42. The summed E-state index contributed by atoms with van der Waals surface area (Å²) in [6.45, 7) is 5.85. The Morgan fingerprint density at radius 3 is 2.49 bits per heavy atom. The summed E-state index contributed by atoms with van der Waals surface area (Å²) in [6.07, 6.45) is 7.65. The number of likely N-dealkylation sites (tertiary alicyclic amines) is 1. The molecule has 2 aliphatic carbocycles. The maximum absolute atomic E-state index is 13.7. The first-order valence-corrected chi connectivity index (χ1v) is 15.3. The molecule has 1 saturated heterocycles. The number of phenolic OH excluding ortho intramolecular Hbond substituents is 1. The average molecular weight is 652 g/mol. The Balaban J connectivity index is 1.56.